The SMILES string of the molecule is C.C.C.CC.CC.CC.CCC.CCC.CCC.CCc1ccccc1. The number of aryl methyl sites for hydroxylation is 1. The second kappa shape index (κ2) is 104. The highest BCUT2D eigenvalue weighted by Crippen LogP contribution is 1.96. The van der Waals surface area contributed by atoms with Crippen LogP contribution in [0.2, 0.25) is 0 Å². The lowest BCUT2D eigenvalue weighted by Gasteiger charge is -1.89. The number of hydrogen-bond acceptors (Lipinski definition) is 0. The van der Waals surface area contributed by atoms with Crippen LogP contribution < -0.4 is 0 Å². The van der Waals surface area contributed by atoms with Gasteiger partial charge in [0.25, 0.3) is 0 Å². The van der Waals surface area contributed by atoms with Crippen LogP contribution in [0.1, 0.15) is 137 Å². The van der Waals surface area contributed by atoms with E-state index in [2.05, 4.69) is 72.7 Å². The molecular weight excluding hydrogens is 312 g/mol. The van der Waals surface area contributed by atoms with Crippen LogP contribution in [0, 0.1) is 0 Å². The molecule has 0 heteroatoms. The van der Waals surface area contributed by atoms with Gasteiger partial charge in [-0.3, -0.25) is 0 Å². The lowest BCUT2D eigenvalue weighted by Crippen LogP contribution is -1.73. The highest BCUT2D eigenvalue weighted by molar-refractivity contribution is 5.13. The van der Waals surface area contributed by atoms with Crippen molar-refractivity contribution in [1.29, 1.82) is 0 Å². The summed E-state index contributed by atoms with van der Waals surface area (Å²) in [6.45, 7) is 26.9. The van der Waals surface area contributed by atoms with E-state index in [9.17, 15) is 0 Å². The minimum atomic E-state index is 0. The minimum absolute atomic E-state index is 0. The van der Waals surface area contributed by atoms with Crippen molar-refractivity contribution in [2.24, 2.45) is 0 Å². The van der Waals surface area contributed by atoms with Crippen molar-refractivity contribution in [2.45, 2.75) is 138 Å². The molecule has 0 aliphatic carbocycles. The normalized spacial score (nSPS) is 5.58. The molecule has 1 aromatic carbocycles. The maximum absolute atomic E-state index is 2.16. The van der Waals surface area contributed by atoms with Crippen LogP contribution in [0.3, 0.4) is 0 Å². The van der Waals surface area contributed by atoms with E-state index in [0.29, 0.717) is 0 Å². The van der Waals surface area contributed by atoms with Gasteiger partial charge in [0.2, 0.25) is 0 Å². The Kier molecular flexibility index (Phi) is 224. The minimum Gasteiger partial charge on any atom is -0.0776 e. The van der Waals surface area contributed by atoms with Gasteiger partial charge in [-0.05, 0) is 12.0 Å². The van der Waals surface area contributed by atoms with Crippen LogP contribution in [-0.2, 0) is 6.42 Å². The van der Waals surface area contributed by atoms with E-state index < -0.39 is 0 Å². The average molecular weight is 377 g/mol. The van der Waals surface area contributed by atoms with Gasteiger partial charge in [0.15, 0.2) is 0 Å². The molecule has 0 heterocycles. The molecule has 0 atom stereocenters. The summed E-state index contributed by atoms with van der Waals surface area (Å²) in [4.78, 5) is 0. The van der Waals surface area contributed by atoms with E-state index in [1.165, 1.54) is 24.8 Å². The predicted molar refractivity (Wildman–Crippen MR) is 138 cm³/mol. The molecule has 0 aliphatic rings. The Bertz CT molecular complexity index is 172. The molecule has 0 radical (unpaired) electrons. The van der Waals surface area contributed by atoms with E-state index in [4.69, 9.17) is 0 Å². The second-order valence-corrected chi connectivity index (χ2v) is 3.96. The molecule has 0 aromatic heterocycles. The van der Waals surface area contributed by atoms with E-state index in [1.54, 1.807) is 0 Å². The van der Waals surface area contributed by atoms with Gasteiger partial charge in [0.05, 0.1) is 0 Å². The third kappa shape index (κ3) is 135. The molecule has 0 bridgehead atoms. The Hall–Kier alpha value is -0.780. The van der Waals surface area contributed by atoms with Crippen molar-refractivity contribution in [3.8, 4) is 0 Å². The van der Waals surface area contributed by atoms with E-state index in [-0.39, 0.29) is 22.3 Å². The lowest BCUT2D eigenvalue weighted by molar-refractivity contribution is 1.09. The quantitative estimate of drug-likeness (QED) is 0.457. The summed E-state index contributed by atoms with van der Waals surface area (Å²) in [6, 6.07) is 10.5. The topological polar surface area (TPSA) is 0 Å². The summed E-state index contributed by atoms with van der Waals surface area (Å²) in [5.74, 6) is 0. The first-order valence-corrected chi connectivity index (χ1v) is 10.2. The summed E-state index contributed by atoms with van der Waals surface area (Å²) in [7, 11) is 0. The van der Waals surface area contributed by atoms with Gasteiger partial charge >= 0.3 is 0 Å². The molecule has 1 rings (SSSR count). The van der Waals surface area contributed by atoms with Crippen LogP contribution in [0.5, 0.6) is 0 Å². The maximum Gasteiger partial charge on any atom is -0.0307 e. The third-order valence-corrected chi connectivity index (χ3v) is 1.25. The van der Waals surface area contributed by atoms with Crippen molar-refractivity contribution < 1.29 is 0 Å². The second-order valence-electron chi connectivity index (χ2n) is 3.96. The van der Waals surface area contributed by atoms with Gasteiger partial charge in [-0.15, -0.1) is 0 Å². The third-order valence-electron chi connectivity index (χ3n) is 1.25. The standard InChI is InChI=1S/C8H10.3C3H8.3C2H6.3CH4/c1-2-8-6-4-3-5-7-8;3*1-3-2;3*1-2;;;/h3-7H,2H2,1H3;3*3H2,1-2H3;3*1-2H3;3*1H4. The molecule has 0 spiro atoms. The molecule has 0 N–H and O–H groups in total. The molecule has 1 aromatic rings. The molecule has 0 amide bonds. The Morgan fingerprint density at radius 2 is 0.654 bits per heavy atom. The van der Waals surface area contributed by atoms with Crippen molar-refractivity contribution in [3.05, 3.63) is 35.9 Å². The summed E-state index contributed by atoms with van der Waals surface area (Å²) in [5, 5.41) is 0. The fraction of sp³-hybridized carbons (Fsp3) is 0.769. The molecule has 0 aliphatic heterocycles. The van der Waals surface area contributed by atoms with E-state index in [1.807, 2.05) is 47.6 Å². The van der Waals surface area contributed by atoms with Gasteiger partial charge in [0.1, 0.15) is 0 Å². The fourth-order valence-electron chi connectivity index (χ4n) is 0.714. The molecule has 168 valence electrons. The summed E-state index contributed by atoms with van der Waals surface area (Å²) < 4.78 is 0. The predicted octanol–water partition coefficient (Wildman–Crippen LogP) is 11.5. The summed E-state index contributed by atoms with van der Waals surface area (Å²) in [5.41, 5.74) is 1.41. The highest BCUT2D eigenvalue weighted by Gasteiger charge is 1.79. The molecule has 0 saturated heterocycles. The van der Waals surface area contributed by atoms with Crippen molar-refractivity contribution in [3.63, 3.8) is 0 Å². The van der Waals surface area contributed by atoms with Crippen LogP contribution >= 0.6 is 0 Å². The van der Waals surface area contributed by atoms with Gasteiger partial charge < -0.3 is 0 Å². The maximum atomic E-state index is 2.16. The molecule has 26 heavy (non-hydrogen) atoms. The fourth-order valence-corrected chi connectivity index (χ4v) is 0.714. The zero-order valence-electron chi connectivity index (χ0n) is 19.2. The largest absolute Gasteiger partial charge is 0.0776 e. The molecule has 0 fully saturated rings. The van der Waals surface area contributed by atoms with Crippen LogP contribution in [-0.4, -0.2) is 0 Å². The van der Waals surface area contributed by atoms with Gasteiger partial charge in [-0.2, -0.15) is 0 Å². The molecule has 0 unspecified atom stereocenters. The monoisotopic (exact) mass is 377 g/mol. The van der Waals surface area contributed by atoms with Crippen LogP contribution in [0.4, 0.5) is 0 Å². The summed E-state index contributed by atoms with van der Waals surface area (Å²) >= 11 is 0. The zero-order valence-corrected chi connectivity index (χ0v) is 19.2. The average Bonchev–Trinajstić information content (AvgIpc) is 2.63. The molecule has 0 nitrogen and oxygen atoms in total. The van der Waals surface area contributed by atoms with E-state index >= 15 is 0 Å². The number of benzene rings is 1. The number of hydrogen-bond donors (Lipinski definition) is 0. The van der Waals surface area contributed by atoms with Gasteiger partial charge in [-0.25, -0.2) is 0 Å². The first-order chi connectivity index (χ1) is 11.2. The Balaban J connectivity index is -0.0000000202. The van der Waals surface area contributed by atoms with Gasteiger partial charge in [0, 0.05) is 0 Å². The van der Waals surface area contributed by atoms with Crippen LogP contribution in [0.25, 0.3) is 0 Å². The summed E-state index contributed by atoms with van der Waals surface area (Å²) in [6.07, 6.45) is 4.89. The van der Waals surface area contributed by atoms with Crippen molar-refractivity contribution in [1.82, 2.24) is 0 Å². The Morgan fingerprint density at radius 1 is 0.462 bits per heavy atom. The smallest absolute Gasteiger partial charge is 0.0307 e. The van der Waals surface area contributed by atoms with Crippen molar-refractivity contribution >= 4 is 0 Å². The van der Waals surface area contributed by atoms with E-state index in [0.717, 1.165) is 6.42 Å². The van der Waals surface area contributed by atoms with Crippen molar-refractivity contribution in [2.75, 3.05) is 0 Å². The highest BCUT2D eigenvalue weighted by atomic mass is 13.9. The first-order valence-electron chi connectivity index (χ1n) is 10.2. The first kappa shape index (κ1) is 56.2. The van der Waals surface area contributed by atoms with Gasteiger partial charge in [-0.1, -0.05) is 162 Å². The molecule has 0 saturated carbocycles. The molecular formula is C26H64. The lowest BCUT2D eigenvalue weighted by atomic mass is 10.2. The zero-order chi connectivity index (χ0) is 19.9. The number of rotatable bonds is 1. The Labute approximate surface area is 174 Å². The Morgan fingerprint density at radius 3 is 0.769 bits per heavy atom. The van der Waals surface area contributed by atoms with Crippen LogP contribution in [0.15, 0.2) is 30.3 Å².